The minimum Gasteiger partial charge on any atom is -0.368 e. The van der Waals surface area contributed by atoms with Crippen LogP contribution in [0.2, 0.25) is 0 Å². The highest BCUT2D eigenvalue weighted by Crippen LogP contribution is 2.30. The Morgan fingerprint density at radius 1 is 1.34 bits per heavy atom. The lowest BCUT2D eigenvalue weighted by Gasteiger charge is -2.30. The summed E-state index contributed by atoms with van der Waals surface area (Å²) in [7, 11) is -4.47. The summed E-state index contributed by atoms with van der Waals surface area (Å²) < 4.78 is 85.1. The van der Waals surface area contributed by atoms with Crippen LogP contribution in [0.3, 0.4) is 0 Å². The van der Waals surface area contributed by atoms with Crippen molar-refractivity contribution in [1.29, 1.82) is 0 Å². The number of carbonyl (C=O) groups is 1. The number of primary amides is 1. The molecular weight excluding hydrogens is 516 g/mol. The van der Waals surface area contributed by atoms with Crippen LogP contribution in [0, 0.1) is 5.82 Å². The van der Waals surface area contributed by atoms with E-state index in [2.05, 4.69) is 14.7 Å². The molecule has 1 aromatic carbocycles. The van der Waals surface area contributed by atoms with Crippen LogP contribution < -0.4 is 5.73 Å². The fraction of sp³-hybridized carbons (Fsp3) is 0.381. The summed E-state index contributed by atoms with van der Waals surface area (Å²) in [5, 5.41) is 3.14. The zero-order valence-corrected chi connectivity index (χ0v) is 19.7. The number of nitrogens with zero attached hydrogens (tertiary/aromatic N) is 3. The van der Waals surface area contributed by atoms with E-state index >= 15 is 0 Å². The monoisotopic (exact) mass is 536 g/mol. The van der Waals surface area contributed by atoms with Crippen molar-refractivity contribution >= 4 is 27.5 Å². The molecule has 0 radical (unpaired) electrons. The summed E-state index contributed by atoms with van der Waals surface area (Å²) in [5.74, 6) is -1.91. The second-order valence-corrected chi connectivity index (χ2v) is 10.2. The van der Waals surface area contributed by atoms with Crippen LogP contribution in [-0.4, -0.2) is 46.4 Å². The van der Waals surface area contributed by atoms with E-state index < -0.39 is 65.2 Å². The minimum absolute atomic E-state index is 0.0928. The molecule has 1 heterocycles. The van der Waals surface area contributed by atoms with Crippen LogP contribution in [0.25, 0.3) is 11.4 Å². The molecule has 1 amide bonds. The van der Waals surface area contributed by atoms with Gasteiger partial charge in [-0.15, -0.1) is 11.6 Å². The molecule has 0 aliphatic heterocycles. The van der Waals surface area contributed by atoms with Crippen molar-refractivity contribution in [3.63, 3.8) is 0 Å². The summed E-state index contributed by atoms with van der Waals surface area (Å²) in [6.45, 7) is -0.657. The average Bonchev–Trinajstić information content (AvgIpc) is 3.30. The maximum atomic E-state index is 14.9. The zero-order chi connectivity index (χ0) is 25.8. The number of nitrogens with two attached hydrogens (primary N) is 1. The smallest absolute Gasteiger partial charge is 0.368 e. The maximum Gasteiger partial charge on any atom is 0.389 e. The lowest BCUT2D eigenvalue weighted by molar-refractivity contribution is -0.137. The van der Waals surface area contributed by atoms with Crippen LogP contribution in [0.4, 0.5) is 17.6 Å². The first-order valence-corrected chi connectivity index (χ1v) is 12.2. The van der Waals surface area contributed by atoms with E-state index in [9.17, 15) is 30.8 Å². The summed E-state index contributed by atoms with van der Waals surface area (Å²) in [5.41, 5.74) is 5.52. The van der Waals surface area contributed by atoms with Crippen molar-refractivity contribution in [3.05, 3.63) is 59.1 Å². The molecule has 0 bridgehead atoms. The van der Waals surface area contributed by atoms with Gasteiger partial charge in [-0.25, -0.2) is 12.8 Å². The van der Waals surface area contributed by atoms with Gasteiger partial charge in [0, 0.05) is 24.1 Å². The predicted molar refractivity (Wildman–Crippen MR) is 119 cm³/mol. The standard InChI is InChI=1S/C21H21ClF4N4O4S/c22-15-5-7-16(8-6-15)35(32,33)30(18(19(27)31)2-1-9-21(24,25)26)11-14-4-3-13(10-17(14)23)20-28-12-34-29-20/h3-5,7-8,10,12,15,18H,1-2,6,9,11H2,(H2,27,31)/t15?,18-/m1/s1. The van der Waals surface area contributed by atoms with Gasteiger partial charge in [-0.05, 0) is 31.4 Å². The lowest BCUT2D eigenvalue weighted by Crippen LogP contribution is -2.48. The molecule has 8 nitrogen and oxygen atoms in total. The third kappa shape index (κ3) is 6.89. The van der Waals surface area contributed by atoms with E-state index in [1.807, 2.05) is 0 Å². The van der Waals surface area contributed by atoms with E-state index in [-0.39, 0.29) is 28.3 Å². The number of halogens is 5. The molecule has 1 aliphatic carbocycles. The third-order valence-electron chi connectivity index (χ3n) is 5.23. The molecular formula is C21H21ClF4N4O4S. The Morgan fingerprint density at radius 3 is 2.63 bits per heavy atom. The summed E-state index contributed by atoms with van der Waals surface area (Å²) in [6.07, 6.45) is -1.62. The number of benzene rings is 1. The number of alkyl halides is 4. The second-order valence-electron chi connectivity index (χ2n) is 7.75. The van der Waals surface area contributed by atoms with E-state index in [0.717, 1.165) is 12.5 Å². The van der Waals surface area contributed by atoms with Crippen LogP contribution in [0.15, 0.2) is 52.2 Å². The van der Waals surface area contributed by atoms with Gasteiger partial charge < -0.3 is 10.3 Å². The zero-order valence-electron chi connectivity index (χ0n) is 18.1. The molecule has 0 spiro atoms. The Bertz CT molecular complexity index is 1220. The maximum absolute atomic E-state index is 14.9. The van der Waals surface area contributed by atoms with Gasteiger partial charge in [0.15, 0.2) is 0 Å². The number of hydrogen-bond acceptors (Lipinski definition) is 6. The molecule has 0 saturated carbocycles. The summed E-state index contributed by atoms with van der Waals surface area (Å²) in [6, 6.07) is 2.07. The van der Waals surface area contributed by atoms with Crippen molar-refractivity contribution in [2.45, 2.75) is 49.8 Å². The van der Waals surface area contributed by atoms with E-state index in [1.54, 1.807) is 0 Å². The largest absolute Gasteiger partial charge is 0.389 e. The van der Waals surface area contributed by atoms with Gasteiger partial charge in [-0.2, -0.15) is 22.5 Å². The molecule has 2 N–H and O–H groups in total. The Morgan fingerprint density at radius 2 is 2.09 bits per heavy atom. The summed E-state index contributed by atoms with van der Waals surface area (Å²) >= 11 is 5.96. The average molecular weight is 537 g/mol. The molecule has 35 heavy (non-hydrogen) atoms. The van der Waals surface area contributed by atoms with Crippen molar-refractivity contribution in [2.75, 3.05) is 0 Å². The normalized spacial score (nSPS) is 17.4. The quantitative estimate of drug-likeness (QED) is 0.361. The van der Waals surface area contributed by atoms with Crippen molar-refractivity contribution < 1.29 is 35.3 Å². The lowest BCUT2D eigenvalue weighted by atomic mass is 10.1. The SMILES string of the molecule is NC(=O)[C@@H](CCCC(F)(F)F)N(Cc1ccc(-c2ncon2)cc1F)S(=O)(=O)C1=CCC(Cl)C=C1. The Balaban J connectivity index is 1.97. The predicted octanol–water partition coefficient (Wildman–Crippen LogP) is 4.05. The van der Waals surface area contributed by atoms with Gasteiger partial charge in [0.05, 0.1) is 10.3 Å². The van der Waals surface area contributed by atoms with Crippen LogP contribution >= 0.6 is 11.6 Å². The molecule has 2 aromatic rings. The Kier molecular flexibility index (Phi) is 8.34. The Hall–Kier alpha value is -2.77. The van der Waals surface area contributed by atoms with Gasteiger partial charge >= 0.3 is 6.18 Å². The molecule has 0 fully saturated rings. The van der Waals surface area contributed by atoms with Gasteiger partial charge in [0.2, 0.25) is 28.1 Å². The molecule has 190 valence electrons. The number of sulfonamides is 1. The van der Waals surface area contributed by atoms with Gasteiger partial charge in [0.25, 0.3) is 0 Å². The molecule has 1 aromatic heterocycles. The van der Waals surface area contributed by atoms with Crippen LogP contribution in [0.1, 0.15) is 31.2 Å². The number of hydrogen-bond donors (Lipinski definition) is 1. The third-order valence-corrected chi connectivity index (χ3v) is 7.46. The first-order valence-electron chi connectivity index (χ1n) is 10.3. The van der Waals surface area contributed by atoms with Gasteiger partial charge in [-0.3, -0.25) is 4.79 Å². The highest BCUT2D eigenvalue weighted by atomic mass is 35.5. The molecule has 1 unspecified atom stereocenters. The highest BCUT2D eigenvalue weighted by Gasteiger charge is 2.37. The van der Waals surface area contributed by atoms with Crippen molar-refractivity contribution in [1.82, 2.24) is 14.4 Å². The highest BCUT2D eigenvalue weighted by molar-refractivity contribution is 7.93. The van der Waals surface area contributed by atoms with Gasteiger partial charge in [-0.1, -0.05) is 29.4 Å². The number of aromatic nitrogens is 2. The van der Waals surface area contributed by atoms with E-state index in [1.165, 1.54) is 30.4 Å². The minimum atomic E-state index is -4.51. The van der Waals surface area contributed by atoms with Crippen molar-refractivity contribution in [3.8, 4) is 11.4 Å². The first-order chi connectivity index (χ1) is 16.4. The first kappa shape index (κ1) is 26.8. The fourth-order valence-electron chi connectivity index (χ4n) is 3.47. The van der Waals surface area contributed by atoms with Crippen LogP contribution in [-0.2, 0) is 21.4 Å². The number of rotatable bonds is 10. The molecule has 14 heteroatoms. The Labute approximate surface area is 203 Å². The van der Waals surface area contributed by atoms with Crippen molar-refractivity contribution in [2.24, 2.45) is 5.73 Å². The molecule has 2 atom stereocenters. The van der Waals surface area contributed by atoms with Gasteiger partial charge in [0.1, 0.15) is 11.9 Å². The summed E-state index contributed by atoms with van der Waals surface area (Å²) in [4.78, 5) is 15.8. The topological polar surface area (TPSA) is 119 Å². The fourth-order valence-corrected chi connectivity index (χ4v) is 5.31. The number of carbonyl (C=O) groups excluding carboxylic acids is 1. The van der Waals surface area contributed by atoms with E-state index in [4.69, 9.17) is 17.3 Å². The second kappa shape index (κ2) is 10.9. The molecule has 3 rings (SSSR count). The van der Waals surface area contributed by atoms with Crippen LogP contribution in [0.5, 0.6) is 0 Å². The number of allylic oxidation sites excluding steroid dienone is 3. The van der Waals surface area contributed by atoms with E-state index in [0.29, 0.717) is 4.31 Å². The molecule has 1 aliphatic rings. The molecule has 0 saturated heterocycles. The number of amides is 1.